The van der Waals surface area contributed by atoms with E-state index in [1.807, 2.05) is 0 Å². The summed E-state index contributed by atoms with van der Waals surface area (Å²) in [6, 6.07) is 0. The van der Waals surface area contributed by atoms with Crippen molar-refractivity contribution in [3.05, 3.63) is 0 Å². The van der Waals surface area contributed by atoms with Crippen molar-refractivity contribution in [2.75, 3.05) is 19.6 Å². The second-order valence-corrected chi connectivity index (χ2v) is 4.51. The average Bonchev–Trinajstić information content (AvgIpc) is 2.87. The van der Waals surface area contributed by atoms with E-state index in [1.165, 1.54) is 44.6 Å². The zero-order valence-corrected chi connectivity index (χ0v) is 8.84. The molecule has 0 aromatic heterocycles. The lowest BCUT2D eigenvalue weighted by Crippen LogP contribution is -2.37. The Labute approximate surface area is 81.0 Å². The summed E-state index contributed by atoms with van der Waals surface area (Å²) in [5, 5.41) is 0. The van der Waals surface area contributed by atoms with Crippen molar-refractivity contribution in [2.45, 2.75) is 39.5 Å². The van der Waals surface area contributed by atoms with Crippen molar-refractivity contribution >= 4 is 5.84 Å². The van der Waals surface area contributed by atoms with Crippen molar-refractivity contribution in [2.24, 2.45) is 10.4 Å². The highest BCUT2D eigenvalue weighted by Gasteiger charge is 2.44. The van der Waals surface area contributed by atoms with Crippen molar-refractivity contribution < 1.29 is 0 Å². The molecule has 1 saturated carbocycles. The number of nitrogens with zero attached hydrogens (tertiary/aromatic N) is 2. The van der Waals surface area contributed by atoms with Crippen LogP contribution in [0.2, 0.25) is 0 Å². The normalized spacial score (nSPS) is 26.6. The molecule has 2 fully saturated rings. The van der Waals surface area contributed by atoms with Crippen molar-refractivity contribution in [1.82, 2.24) is 4.90 Å². The van der Waals surface area contributed by atoms with Gasteiger partial charge in [-0.05, 0) is 44.9 Å². The molecule has 1 aliphatic carbocycles. The van der Waals surface area contributed by atoms with E-state index < -0.39 is 0 Å². The fourth-order valence-electron chi connectivity index (χ4n) is 2.31. The first-order valence-corrected chi connectivity index (χ1v) is 5.52. The van der Waals surface area contributed by atoms with Gasteiger partial charge in [0.2, 0.25) is 0 Å². The lowest BCUT2D eigenvalue weighted by molar-refractivity contribution is 0.248. The molecule has 2 heteroatoms. The van der Waals surface area contributed by atoms with Gasteiger partial charge in [-0.1, -0.05) is 0 Å². The number of piperidine rings is 1. The van der Waals surface area contributed by atoms with Crippen LogP contribution in [0.1, 0.15) is 39.5 Å². The molecule has 2 rings (SSSR count). The van der Waals surface area contributed by atoms with Crippen LogP contribution >= 0.6 is 0 Å². The number of aliphatic imine (C=N–C) groups is 1. The minimum absolute atomic E-state index is 0.795. The molecule has 1 saturated heterocycles. The molecule has 0 bridgehead atoms. The summed E-state index contributed by atoms with van der Waals surface area (Å²) in [5.74, 6) is 1.25. The molecule has 2 nitrogen and oxygen atoms in total. The van der Waals surface area contributed by atoms with Gasteiger partial charge in [-0.2, -0.15) is 0 Å². The maximum absolute atomic E-state index is 4.46. The molecule has 2 aliphatic rings. The Morgan fingerprint density at radius 1 is 1.23 bits per heavy atom. The molecule has 1 spiro atoms. The van der Waals surface area contributed by atoms with Gasteiger partial charge in [0.15, 0.2) is 0 Å². The van der Waals surface area contributed by atoms with Crippen molar-refractivity contribution in [3.8, 4) is 0 Å². The second kappa shape index (κ2) is 3.32. The van der Waals surface area contributed by atoms with Crippen LogP contribution in [-0.2, 0) is 0 Å². The Bertz CT molecular complexity index is 206. The number of hydrogen-bond acceptors (Lipinski definition) is 1. The highest BCUT2D eigenvalue weighted by molar-refractivity contribution is 5.79. The smallest absolute Gasteiger partial charge is 0.0957 e. The molecular weight excluding hydrogens is 160 g/mol. The fraction of sp³-hybridized carbons (Fsp3) is 0.909. The van der Waals surface area contributed by atoms with Gasteiger partial charge in [0.1, 0.15) is 0 Å². The summed E-state index contributed by atoms with van der Waals surface area (Å²) < 4.78 is 0. The minimum atomic E-state index is 0.795. The molecule has 1 aliphatic heterocycles. The molecule has 0 radical (unpaired) electrons. The van der Waals surface area contributed by atoms with E-state index in [4.69, 9.17) is 0 Å². The Kier molecular flexibility index (Phi) is 2.31. The van der Waals surface area contributed by atoms with Gasteiger partial charge < -0.3 is 4.90 Å². The van der Waals surface area contributed by atoms with E-state index in [0.717, 1.165) is 12.0 Å². The molecule has 0 atom stereocenters. The van der Waals surface area contributed by atoms with E-state index in [9.17, 15) is 0 Å². The van der Waals surface area contributed by atoms with Gasteiger partial charge in [0.05, 0.1) is 5.84 Å². The monoisotopic (exact) mass is 180 g/mol. The number of amidine groups is 1. The summed E-state index contributed by atoms with van der Waals surface area (Å²) in [6.07, 6.45) is 5.79. The Balaban J connectivity index is 1.86. The zero-order chi connectivity index (χ0) is 9.31. The highest BCUT2D eigenvalue weighted by Crippen LogP contribution is 2.53. The first kappa shape index (κ1) is 9.04. The fourth-order valence-corrected chi connectivity index (χ4v) is 2.31. The lowest BCUT2D eigenvalue weighted by Gasteiger charge is -2.33. The molecule has 13 heavy (non-hydrogen) atoms. The molecule has 0 aromatic carbocycles. The third-order valence-corrected chi connectivity index (χ3v) is 3.63. The van der Waals surface area contributed by atoms with Crippen LogP contribution in [0.4, 0.5) is 0 Å². The molecular formula is C11H20N2. The van der Waals surface area contributed by atoms with Crippen LogP contribution in [0.25, 0.3) is 0 Å². The van der Waals surface area contributed by atoms with Gasteiger partial charge in [-0.25, -0.2) is 0 Å². The third-order valence-electron chi connectivity index (χ3n) is 3.63. The SMILES string of the molecule is CCN=C(C)N1CCC2(CC1)CC2. The first-order chi connectivity index (χ1) is 6.26. The quantitative estimate of drug-likeness (QED) is 0.446. The van der Waals surface area contributed by atoms with Gasteiger partial charge in [0.25, 0.3) is 0 Å². The van der Waals surface area contributed by atoms with Crippen LogP contribution in [0.3, 0.4) is 0 Å². The maximum Gasteiger partial charge on any atom is 0.0957 e. The molecule has 74 valence electrons. The summed E-state index contributed by atoms with van der Waals surface area (Å²) in [7, 11) is 0. The van der Waals surface area contributed by atoms with Gasteiger partial charge in [0, 0.05) is 19.6 Å². The average molecular weight is 180 g/mol. The summed E-state index contributed by atoms with van der Waals surface area (Å²) in [4.78, 5) is 6.91. The second-order valence-electron chi connectivity index (χ2n) is 4.51. The molecule has 1 heterocycles. The van der Waals surface area contributed by atoms with Crippen LogP contribution in [-0.4, -0.2) is 30.4 Å². The van der Waals surface area contributed by atoms with Crippen LogP contribution < -0.4 is 0 Å². The third kappa shape index (κ3) is 1.87. The van der Waals surface area contributed by atoms with Crippen LogP contribution in [0.15, 0.2) is 4.99 Å². The predicted octanol–water partition coefficient (Wildman–Crippen LogP) is 2.30. The van der Waals surface area contributed by atoms with Gasteiger partial charge in [-0.15, -0.1) is 0 Å². The summed E-state index contributed by atoms with van der Waals surface area (Å²) in [5.41, 5.74) is 0.795. The minimum Gasteiger partial charge on any atom is -0.361 e. The number of rotatable bonds is 1. The van der Waals surface area contributed by atoms with E-state index >= 15 is 0 Å². The van der Waals surface area contributed by atoms with E-state index in [0.29, 0.717) is 0 Å². The van der Waals surface area contributed by atoms with E-state index in [1.54, 1.807) is 0 Å². The van der Waals surface area contributed by atoms with E-state index in [-0.39, 0.29) is 0 Å². The molecule has 0 N–H and O–H groups in total. The van der Waals surface area contributed by atoms with Crippen LogP contribution in [0.5, 0.6) is 0 Å². The Morgan fingerprint density at radius 3 is 2.31 bits per heavy atom. The Morgan fingerprint density at radius 2 is 1.85 bits per heavy atom. The topological polar surface area (TPSA) is 15.6 Å². The van der Waals surface area contributed by atoms with Crippen LogP contribution in [0, 0.1) is 5.41 Å². The summed E-state index contributed by atoms with van der Waals surface area (Å²) >= 11 is 0. The first-order valence-electron chi connectivity index (χ1n) is 5.52. The van der Waals surface area contributed by atoms with Gasteiger partial charge in [-0.3, -0.25) is 4.99 Å². The largest absolute Gasteiger partial charge is 0.361 e. The van der Waals surface area contributed by atoms with Crippen molar-refractivity contribution in [3.63, 3.8) is 0 Å². The lowest BCUT2D eigenvalue weighted by atomic mass is 9.94. The molecule has 0 unspecified atom stereocenters. The van der Waals surface area contributed by atoms with Gasteiger partial charge >= 0.3 is 0 Å². The number of likely N-dealkylation sites (tertiary alicyclic amines) is 1. The molecule has 0 amide bonds. The number of hydrogen-bond donors (Lipinski definition) is 0. The molecule has 0 aromatic rings. The highest BCUT2D eigenvalue weighted by atomic mass is 15.2. The predicted molar refractivity (Wildman–Crippen MR) is 56.1 cm³/mol. The Hall–Kier alpha value is -0.530. The maximum atomic E-state index is 4.46. The van der Waals surface area contributed by atoms with E-state index in [2.05, 4.69) is 23.7 Å². The summed E-state index contributed by atoms with van der Waals surface area (Å²) in [6.45, 7) is 7.67. The van der Waals surface area contributed by atoms with Crippen molar-refractivity contribution in [1.29, 1.82) is 0 Å². The standard InChI is InChI=1S/C11H20N2/c1-3-12-10(2)13-8-6-11(4-5-11)7-9-13/h3-9H2,1-2H3. The zero-order valence-electron chi connectivity index (χ0n) is 8.84.